The molecule has 0 saturated heterocycles. The van der Waals surface area contributed by atoms with Gasteiger partial charge in [-0.15, -0.1) is 0 Å². The molecule has 0 heterocycles. The van der Waals surface area contributed by atoms with Gasteiger partial charge in [0.1, 0.15) is 0 Å². The van der Waals surface area contributed by atoms with Gasteiger partial charge in [0, 0.05) is 0 Å². The first kappa shape index (κ1) is 38.1. The fraction of sp³-hybridized carbons (Fsp3) is 0.893. The van der Waals surface area contributed by atoms with Crippen molar-refractivity contribution >= 4 is 45.3 Å². The zero-order valence-corrected chi connectivity index (χ0v) is 29.3. The normalized spacial score (nSPS) is 10.3. The quantitative estimate of drug-likeness (QED) is 0.0811. The summed E-state index contributed by atoms with van der Waals surface area (Å²) in [5, 5.41) is 15.8. The standard InChI is InChI=1S/C4H6O3.6C4H9.2Sn/c1-3(5)2-4(6)7;6*1-3-4-2;;/h2,6-7H,1H3;6*1,3-4H2,2H3;;. The third-order valence-corrected chi connectivity index (χ3v) is 23.8. The summed E-state index contributed by atoms with van der Waals surface area (Å²) >= 11 is -1.68. The number of allylic oxidation sites excluding steroid dienone is 1. The van der Waals surface area contributed by atoms with E-state index in [0.717, 1.165) is 6.08 Å². The molecular formula is C28H60O3Sn2. The fourth-order valence-electron chi connectivity index (χ4n) is 3.49. The van der Waals surface area contributed by atoms with E-state index in [4.69, 9.17) is 10.2 Å². The van der Waals surface area contributed by atoms with Gasteiger partial charge >= 0.3 is 185 Å². The van der Waals surface area contributed by atoms with Gasteiger partial charge in [-0.3, -0.25) is 4.79 Å². The molecule has 5 heteroatoms. The van der Waals surface area contributed by atoms with Crippen LogP contribution in [0.1, 0.15) is 126 Å². The molecule has 0 atom stereocenters. The average molecular weight is 682 g/mol. The van der Waals surface area contributed by atoms with E-state index in [1.54, 1.807) is 26.6 Å². The van der Waals surface area contributed by atoms with Crippen LogP contribution in [0.4, 0.5) is 0 Å². The predicted octanol–water partition coefficient (Wildman–Crippen LogP) is 10.3. The first-order valence-corrected chi connectivity index (χ1v) is 26.2. The van der Waals surface area contributed by atoms with Crippen LogP contribution in [0.25, 0.3) is 0 Å². The minimum atomic E-state index is -0.937. The topological polar surface area (TPSA) is 57.5 Å². The SMILES string of the molecule is CC(=O)C=C(O)O.CCC[CH2][Sn]([CH2]CCC)[CH2]CCC.CCC[CH2][Sn]([CH2]CCC)[CH2]CCC. The van der Waals surface area contributed by atoms with Crippen molar-refractivity contribution in [3.05, 3.63) is 12.0 Å². The molecule has 2 radical (unpaired) electrons. The van der Waals surface area contributed by atoms with Gasteiger partial charge in [-0.05, 0) is 6.92 Å². The molecule has 0 aliphatic carbocycles. The first-order valence-electron chi connectivity index (χ1n) is 14.1. The molecule has 2 N–H and O–H groups in total. The van der Waals surface area contributed by atoms with E-state index in [2.05, 4.69) is 41.5 Å². The molecule has 0 spiro atoms. The molecule has 0 rings (SSSR count). The molecular weight excluding hydrogens is 622 g/mol. The summed E-state index contributed by atoms with van der Waals surface area (Å²) in [6, 6.07) is 0. The third-order valence-electron chi connectivity index (χ3n) is 5.64. The van der Waals surface area contributed by atoms with Crippen LogP contribution < -0.4 is 0 Å². The summed E-state index contributed by atoms with van der Waals surface area (Å²) in [5.74, 6) is -1.31. The number of hydrogen-bond acceptors (Lipinski definition) is 3. The second-order valence-corrected chi connectivity index (χ2v) is 26.4. The molecule has 0 bridgehead atoms. The Labute approximate surface area is 223 Å². The zero-order chi connectivity index (χ0) is 25.7. The van der Waals surface area contributed by atoms with E-state index in [1.165, 1.54) is 84.0 Å². The molecule has 0 aliphatic heterocycles. The molecule has 198 valence electrons. The number of ketones is 1. The summed E-state index contributed by atoms with van der Waals surface area (Å²) in [4.78, 5) is 9.86. The number of rotatable bonds is 19. The summed E-state index contributed by atoms with van der Waals surface area (Å²) < 4.78 is 10.1. The van der Waals surface area contributed by atoms with Crippen LogP contribution in [0.3, 0.4) is 0 Å². The van der Waals surface area contributed by atoms with Gasteiger partial charge in [-0.1, -0.05) is 0 Å². The summed E-state index contributed by atoms with van der Waals surface area (Å²) in [6.07, 6.45) is 18.4. The van der Waals surface area contributed by atoms with Crippen molar-refractivity contribution in [3.63, 3.8) is 0 Å². The van der Waals surface area contributed by atoms with Crippen LogP contribution >= 0.6 is 0 Å². The van der Waals surface area contributed by atoms with E-state index in [-0.39, 0.29) is 5.78 Å². The van der Waals surface area contributed by atoms with Gasteiger partial charge in [0.25, 0.3) is 5.95 Å². The van der Waals surface area contributed by atoms with Crippen LogP contribution in [0.5, 0.6) is 0 Å². The maximum absolute atomic E-state index is 9.86. The van der Waals surface area contributed by atoms with E-state index in [1.807, 2.05) is 0 Å². The van der Waals surface area contributed by atoms with Gasteiger partial charge in [-0.2, -0.15) is 0 Å². The fourth-order valence-corrected chi connectivity index (χ4v) is 22.4. The molecule has 0 aromatic rings. The van der Waals surface area contributed by atoms with Crippen molar-refractivity contribution in [1.29, 1.82) is 0 Å². The van der Waals surface area contributed by atoms with E-state index in [9.17, 15) is 4.79 Å². The van der Waals surface area contributed by atoms with Crippen LogP contribution in [0.2, 0.25) is 26.6 Å². The predicted molar refractivity (Wildman–Crippen MR) is 154 cm³/mol. The number of unbranched alkanes of at least 4 members (excludes halogenated alkanes) is 6. The molecule has 3 nitrogen and oxygen atoms in total. The first-order chi connectivity index (χ1) is 15.8. The Morgan fingerprint density at radius 3 is 0.848 bits per heavy atom. The van der Waals surface area contributed by atoms with Crippen molar-refractivity contribution < 1.29 is 15.0 Å². The second kappa shape index (κ2) is 32.6. The monoisotopic (exact) mass is 684 g/mol. The van der Waals surface area contributed by atoms with Gasteiger partial charge < -0.3 is 10.2 Å². The Morgan fingerprint density at radius 2 is 0.758 bits per heavy atom. The van der Waals surface area contributed by atoms with Crippen LogP contribution in [-0.4, -0.2) is 55.5 Å². The van der Waals surface area contributed by atoms with Crippen molar-refractivity contribution in [2.75, 3.05) is 0 Å². The van der Waals surface area contributed by atoms with Gasteiger partial charge in [0.05, 0.1) is 6.08 Å². The molecule has 0 unspecified atom stereocenters. The van der Waals surface area contributed by atoms with Crippen molar-refractivity contribution in [2.45, 2.75) is 152 Å². The molecule has 33 heavy (non-hydrogen) atoms. The van der Waals surface area contributed by atoms with Crippen molar-refractivity contribution in [1.82, 2.24) is 0 Å². The Balaban J connectivity index is -0.000000429. The van der Waals surface area contributed by atoms with Gasteiger partial charge in [0.2, 0.25) is 0 Å². The van der Waals surface area contributed by atoms with Crippen LogP contribution in [0, 0.1) is 0 Å². The number of carbonyl (C=O) groups excluding carboxylic acids is 1. The Bertz CT molecular complexity index is 348. The van der Waals surface area contributed by atoms with Gasteiger partial charge in [-0.25, -0.2) is 0 Å². The van der Waals surface area contributed by atoms with Crippen molar-refractivity contribution in [3.8, 4) is 0 Å². The summed E-state index contributed by atoms with van der Waals surface area (Å²) in [5.41, 5.74) is 0. The molecule has 0 saturated carbocycles. The number of carbonyl (C=O) groups is 1. The minimum absolute atomic E-state index is 0.375. The average Bonchev–Trinajstić information content (AvgIpc) is 2.78. The van der Waals surface area contributed by atoms with Crippen LogP contribution in [0.15, 0.2) is 12.0 Å². The second-order valence-electron chi connectivity index (χ2n) is 9.23. The molecule has 0 fully saturated rings. The van der Waals surface area contributed by atoms with E-state index in [0.29, 0.717) is 0 Å². The third kappa shape index (κ3) is 37.3. The Morgan fingerprint density at radius 1 is 0.545 bits per heavy atom. The Kier molecular flexibility index (Phi) is 37.7. The van der Waals surface area contributed by atoms with Gasteiger partial charge in [0.15, 0.2) is 5.78 Å². The Hall–Kier alpha value is 0.607. The van der Waals surface area contributed by atoms with Crippen molar-refractivity contribution in [2.24, 2.45) is 0 Å². The zero-order valence-electron chi connectivity index (χ0n) is 23.6. The molecule has 0 aliphatic rings. The molecule has 0 aromatic carbocycles. The van der Waals surface area contributed by atoms with Crippen LogP contribution in [-0.2, 0) is 4.79 Å². The van der Waals surface area contributed by atoms with E-state index < -0.39 is 45.5 Å². The number of hydrogen-bond donors (Lipinski definition) is 2. The maximum atomic E-state index is 9.86. The summed E-state index contributed by atoms with van der Waals surface area (Å²) in [7, 11) is 0. The van der Waals surface area contributed by atoms with E-state index >= 15 is 0 Å². The number of aliphatic hydroxyl groups is 2. The number of aliphatic hydroxyl groups excluding tert-OH is 1. The molecule has 0 amide bonds. The summed E-state index contributed by atoms with van der Waals surface area (Å²) in [6.45, 7) is 15.2. The molecule has 0 aromatic heterocycles.